The third-order valence-electron chi connectivity index (χ3n) is 4.32. The number of benzene rings is 1. The Bertz CT molecular complexity index is 1070. The molecule has 10 heteroatoms. The van der Waals surface area contributed by atoms with Gasteiger partial charge in [0.2, 0.25) is 0 Å². The zero-order valence-corrected chi connectivity index (χ0v) is 15.5. The van der Waals surface area contributed by atoms with Crippen LogP contribution < -0.4 is 0 Å². The highest BCUT2D eigenvalue weighted by Crippen LogP contribution is 2.32. The van der Waals surface area contributed by atoms with Crippen molar-refractivity contribution >= 4 is 27.9 Å². The van der Waals surface area contributed by atoms with E-state index < -0.39 is 34.4 Å². The second-order valence-electron chi connectivity index (χ2n) is 5.77. The molecule has 2 aromatic rings. The Balaban J connectivity index is 2.10. The number of carbonyl (C=O) groups is 3. The van der Waals surface area contributed by atoms with E-state index in [0.29, 0.717) is 4.31 Å². The molecule has 1 N–H and O–H groups in total. The monoisotopic (exact) mass is 392 g/mol. The lowest BCUT2D eigenvalue weighted by Crippen LogP contribution is -2.30. The summed E-state index contributed by atoms with van der Waals surface area (Å²) in [5.74, 6) is -2.22. The summed E-state index contributed by atoms with van der Waals surface area (Å²) in [6.45, 7) is 1.03. The third-order valence-corrected chi connectivity index (χ3v) is 6.11. The van der Waals surface area contributed by atoms with Gasteiger partial charge in [-0.3, -0.25) is 4.79 Å². The number of ether oxygens (including phenoxy) is 2. The molecule has 1 aromatic carbocycles. The predicted octanol–water partition coefficient (Wildman–Crippen LogP) is 1.24. The van der Waals surface area contributed by atoms with Crippen molar-refractivity contribution in [1.29, 1.82) is 0 Å². The Morgan fingerprint density at radius 1 is 1.11 bits per heavy atom. The second-order valence-corrected chi connectivity index (χ2v) is 7.61. The molecule has 1 aromatic heterocycles. The number of fused-ring (bicyclic) bond motifs is 1. The van der Waals surface area contributed by atoms with E-state index in [9.17, 15) is 22.8 Å². The molecule has 0 atom stereocenters. The van der Waals surface area contributed by atoms with Crippen LogP contribution in [0.25, 0.3) is 0 Å². The summed E-state index contributed by atoms with van der Waals surface area (Å²) in [6, 6.07) is 5.82. The van der Waals surface area contributed by atoms with Gasteiger partial charge in [0.05, 0.1) is 37.6 Å². The largest absolute Gasteiger partial charge is 0.465 e. The first kappa shape index (κ1) is 18.6. The molecule has 0 saturated carbocycles. The molecule has 0 saturated heterocycles. The lowest BCUT2D eigenvalue weighted by Gasteiger charge is -2.15. The van der Waals surface area contributed by atoms with Crippen LogP contribution in [0, 0.1) is 6.92 Å². The van der Waals surface area contributed by atoms with Crippen LogP contribution in [-0.2, 0) is 26.0 Å². The van der Waals surface area contributed by atoms with Gasteiger partial charge in [-0.15, -0.1) is 0 Å². The normalized spacial score (nSPS) is 14.8. The van der Waals surface area contributed by atoms with Crippen molar-refractivity contribution in [3.63, 3.8) is 0 Å². The predicted molar refractivity (Wildman–Crippen MR) is 91.7 cm³/mol. The van der Waals surface area contributed by atoms with Crippen molar-refractivity contribution in [3.8, 4) is 0 Å². The zero-order valence-electron chi connectivity index (χ0n) is 14.7. The van der Waals surface area contributed by atoms with E-state index in [1.54, 1.807) is 6.07 Å². The molecule has 0 bridgehead atoms. The minimum atomic E-state index is -4.08. The van der Waals surface area contributed by atoms with E-state index in [0.717, 1.165) is 7.11 Å². The number of H-pyrrole nitrogens is 1. The average Bonchev–Trinajstić information content (AvgIpc) is 3.08. The summed E-state index contributed by atoms with van der Waals surface area (Å²) in [5.41, 5.74) is 0.314. The molecule has 27 heavy (non-hydrogen) atoms. The van der Waals surface area contributed by atoms with E-state index >= 15 is 0 Å². The Morgan fingerprint density at radius 3 is 2.33 bits per heavy atom. The van der Waals surface area contributed by atoms with Crippen LogP contribution in [-0.4, -0.2) is 49.8 Å². The molecule has 1 aliphatic heterocycles. The second kappa shape index (κ2) is 6.54. The van der Waals surface area contributed by atoms with Crippen LogP contribution in [0.1, 0.15) is 42.5 Å². The quantitative estimate of drug-likeness (QED) is 0.777. The number of sulfonamides is 1. The number of aromatic nitrogens is 1. The zero-order chi connectivity index (χ0) is 19.9. The summed E-state index contributed by atoms with van der Waals surface area (Å²) in [5, 5.41) is 0. The fourth-order valence-electron chi connectivity index (χ4n) is 2.99. The van der Waals surface area contributed by atoms with Crippen molar-refractivity contribution < 1.29 is 32.3 Å². The van der Waals surface area contributed by atoms with Gasteiger partial charge >= 0.3 is 11.9 Å². The molecular formula is C17H16N2O7S. The maximum Gasteiger partial charge on any atom is 0.354 e. The summed E-state index contributed by atoms with van der Waals surface area (Å²) in [6.07, 6.45) is 0. The molecule has 0 fully saturated rings. The molecule has 9 nitrogen and oxygen atoms in total. The highest BCUT2D eigenvalue weighted by Gasteiger charge is 2.42. The van der Waals surface area contributed by atoms with Crippen LogP contribution in [0.5, 0.6) is 0 Å². The number of nitrogens with zero attached hydrogens (tertiary/aromatic N) is 1. The first-order valence-electron chi connectivity index (χ1n) is 7.78. The molecule has 142 valence electrons. The third kappa shape index (κ3) is 2.78. The number of nitrogens with one attached hydrogen (secondary N) is 1. The van der Waals surface area contributed by atoms with Crippen LogP contribution in [0.2, 0.25) is 0 Å². The number of amides is 1. The van der Waals surface area contributed by atoms with Crippen LogP contribution in [0.3, 0.4) is 0 Å². The minimum absolute atomic E-state index is 0.0168. The number of hydrogen-bond donors (Lipinski definition) is 1. The molecule has 0 radical (unpaired) electrons. The minimum Gasteiger partial charge on any atom is -0.465 e. The Morgan fingerprint density at radius 2 is 1.74 bits per heavy atom. The molecule has 2 heterocycles. The maximum atomic E-state index is 12.7. The average molecular weight is 392 g/mol. The van der Waals surface area contributed by atoms with Gasteiger partial charge in [-0.05, 0) is 24.6 Å². The highest BCUT2D eigenvalue weighted by molar-refractivity contribution is 7.90. The van der Waals surface area contributed by atoms with Gasteiger partial charge in [0.15, 0.2) is 0 Å². The van der Waals surface area contributed by atoms with Crippen molar-refractivity contribution in [2.75, 3.05) is 14.2 Å². The Hall–Kier alpha value is -3.14. The van der Waals surface area contributed by atoms with E-state index in [1.807, 2.05) is 0 Å². The van der Waals surface area contributed by atoms with Gasteiger partial charge < -0.3 is 14.5 Å². The molecular weight excluding hydrogens is 376 g/mol. The molecule has 0 aliphatic carbocycles. The van der Waals surface area contributed by atoms with Gasteiger partial charge in [-0.25, -0.2) is 22.3 Å². The van der Waals surface area contributed by atoms with Crippen LogP contribution in [0.4, 0.5) is 0 Å². The standard InChI is InChI=1S/C17H16N2O7S/c1-9-13(16(21)25-2)11(18-14(9)17(22)26-3)8-19-15(20)10-6-4-5-7-12(10)27(19,23)24/h4-7,18H,8H2,1-3H3. The number of carbonyl (C=O) groups excluding carboxylic acids is 3. The summed E-state index contributed by atoms with van der Waals surface area (Å²) < 4.78 is 35.5. The first-order chi connectivity index (χ1) is 12.7. The maximum absolute atomic E-state index is 12.7. The SMILES string of the molecule is COC(=O)c1[nH]c(CN2C(=O)c3ccccc3S2(=O)=O)c(C(=O)OC)c1C. The first-order valence-corrected chi connectivity index (χ1v) is 9.22. The smallest absolute Gasteiger partial charge is 0.354 e. The van der Waals surface area contributed by atoms with E-state index in [1.165, 1.54) is 32.2 Å². The van der Waals surface area contributed by atoms with Crippen LogP contribution >= 0.6 is 0 Å². The Kier molecular flexibility index (Phi) is 4.52. The van der Waals surface area contributed by atoms with E-state index in [-0.39, 0.29) is 33.0 Å². The molecule has 1 aliphatic rings. The van der Waals surface area contributed by atoms with E-state index in [2.05, 4.69) is 9.72 Å². The van der Waals surface area contributed by atoms with Crippen molar-refractivity contribution in [3.05, 3.63) is 52.3 Å². The topological polar surface area (TPSA) is 123 Å². The fraction of sp³-hybridized carbons (Fsp3) is 0.235. The highest BCUT2D eigenvalue weighted by atomic mass is 32.2. The van der Waals surface area contributed by atoms with Gasteiger partial charge in [-0.2, -0.15) is 0 Å². The molecule has 3 rings (SSSR count). The lowest BCUT2D eigenvalue weighted by atomic mass is 10.1. The number of methoxy groups -OCH3 is 2. The number of aromatic amines is 1. The molecule has 1 amide bonds. The molecule has 0 unspecified atom stereocenters. The van der Waals surface area contributed by atoms with E-state index in [4.69, 9.17) is 4.74 Å². The number of rotatable bonds is 4. The van der Waals surface area contributed by atoms with Crippen molar-refractivity contribution in [2.24, 2.45) is 0 Å². The van der Waals surface area contributed by atoms with Gasteiger partial charge in [0.1, 0.15) is 10.6 Å². The van der Waals surface area contributed by atoms with Gasteiger partial charge in [0.25, 0.3) is 15.9 Å². The lowest BCUT2D eigenvalue weighted by molar-refractivity contribution is 0.0592. The fourth-order valence-corrected chi connectivity index (χ4v) is 4.53. The van der Waals surface area contributed by atoms with Crippen molar-refractivity contribution in [2.45, 2.75) is 18.4 Å². The number of hydrogen-bond acceptors (Lipinski definition) is 7. The van der Waals surface area contributed by atoms with Gasteiger partial charge in [-0.1, -0.05) is 12.1 Å². The Labute approximate surface area is 154 Å². The number of esters is 2. The molecule has 0 spiro atoms. The van der Waals surface area contributed by atoms with Gasteiger partial charge in [0, 0.05) is 0 Å². The van der Waals surface area contributed by atoms with Crippen LogP contribution in [0.15, 0.2) is 29.2 Å². The van der Waals surface area contributed by atoms with Crippen molar-refractivity contribution in [1.82, 2.24) is 9.29 Å². The summed E-state index contributed by atoms with van der Waals surface area (Å²) in [7, 11) is -1.75. The summed E-state index contributed by atoms with van der Waals surface area (Å²) in [4.78, 5) is 39.2. The summed E-state index contributed by atoms with van der Waals surface area (Å²) >= 11 is 0.